The van der Waals surface area contributed by atoms with E-state index < -0.39 is 0 Å². The summed E-state index contributed by atoms with van der Waals surface area (Å²) >= 11 is 1.55. The van der Waals surface area contributed by atoms with E-state index in [0.717, 1.165) is 54.5 Å². The average molecular weight is 418 g/mol. The molecular formula is C24H25N4OS+. The molecule has 2 aromatic carbocycles. The maximum atomic E-state index is 12.9. The molecule has 0 unspecified atom stereocenters. The number of nitrogens with one attached hydrogen (secondary N) is 2. The number of aryl methyl sites for hydroxylation is 1. The molecule has 1 aliphatic heterocycles. The van der Waals surface area contributed by atoms with Crippen LogP contribution < -0.4 is 15.4 Å². The number of fused-ring (bicyclic) bond motifs is 1. The fourth-order valence-corrected chi connectivity index (χ4v) is 5.27. The van der Waals surface area contributed by atoms with Gasteiger partial charge in [-0.1, -0.05) is 48.5 Å². The molecule has 0 saturated carbocycles. The molecule has 5 nitrogen and oxygen atoms in total. The Hall–Kier alpha value is -2.96. The minimum absolute atomic E-state index is 0.0342. The van der Waals surface area contributed by atoms with Gasteiger partial charge < -0.3 is 14.8 Å². The highest BCUT2D eigenvalue weighted by molar-refractivity contribution is 7.17. The van der Waals surface area contributed by atoms with Crippen LogP contribution in [0.4, 0.5) is 5.69 Å². The Kier molecular flexibility index (Phi) is 5.11. The summed E-state index contributed by atoms with van der Waals surface area (Å²) in [5, 5.41) is 2.74. The van der Waals surface area contributed by atoms with Crippen LogP contribution in [0.1, 0.15) is 11.4 Å². The van der Waals surface area contributed by atoms with E-state index in [9.17, 15) is 4.79 Å². The summed E-state index contributed by atoms with van der Waals surface area (Å²) in [6.07, 6.45) is 0. The lowest BCUT2D eigenvalue weighted by Gasteiger charge is -2.34. The molecule has 6 heteroatoms. The topological polar surface area (TPSA) is 53.4 Å². The molecule has 0 bridgehead atoms. The van der Waals surface area contributed by atoms with Crippen LogP contribution in [0.2, 0.25) is 0 Å². The van der Waals surface area contributed by atoms with Crippen molar-refractivity contribution in [2.24, 2.45) is 0 Å². The SMILES string of the molecule is Cc1ccccc1N1CC[NH+](Cc2nc3scc(-c4ccccc4)c3c(=O)[nH]2)CC1. The monoisotopic (exact) mass is 417 g/mol. The number of nitrogens with zero attached hydrogens (tertiary/aromatic N) is 2. The van der Waals surface area contributed by atoms with Gasteiger partial charge in [-0.2, -0.15) is 0 Å². The van der Waals surface area contributed by atoms with E-state index in [1.807, 2.05) is 35.7 Å². The second-order valence-corrected chi connectivity index (χ2v) is 8.77. The molecule has 2 N–H and O–H groups in total. The first kappa shape index (κ1) is 19.0. The van der Waals surface area contributed by atoms with E-state index in [1.54, 1.807) is 11.3 Å². The van der Waals surface area contributed by atoms with Gasteiger partial charge >= 0.3 is 0 Å². The standard InChI is InChI=1S/C24H24N4OS/c1-17-7-5-6-10-20(17)28-13-11-27(12-14-28)15-21-25-23(29)22-19(16-30-24(22)26-21)18-8-3-2-4-9-18/h2-10,16H,11-15H2,1H3,(H,25,26,29)/p+1. The Labute approximate surface area is 179 Å². The number of aromatic nitrogens is 2. The van der Waals surface area contributed by atoms with E-state index in [0.29, 0.717) is 5.39 Å². The summed E-state index contributed by atoms with van der Waals surface area (Å²) in [6.45, 7) is 7.04. The molecular weight excluding hydrogens is 392 g/mol. The van der Waals surface area contributed by atoms with Crippen molar-refractivity contribution in [2.75, 3.05) is 31.1 Å². The van der Waals surface area contributed by atoms with Crippen molar-refractivity contribution >= 4 is 27.2 Å². The molecule has 0 atom stereocenters. The van der Waals surface area contributed by atoms with E-state index in [-0.39, 0.29) is 5.56 Å². The number of quaternary nitrogens is 1. The van der Waals surface area contributed by atoms with Gasteiger partial charge in [0.05, 0.1) is 31.6 Å². The first-order valence-electron chi connectivity index (χ1n) is 10.4. The fraction of sp³-hybridized carbons (Fsp3) is 0.250. The molecule has 0 aliphatic carbocycles. The summed E-state index contributed by atoms with van der Waals surface area (Å²) in [7, 11) is 0. The summed E-state index contributed by atoms with van der Waals surface area (Å²) < 4.78 is 0. The quantitative estimate of drug-likeness (QED) is 0.537. The Morgan fingerprint density at radius 3 is 2.57 bits per heavy atom. The summed E-state index contributed by atoms with van der Waals surface area (Å²) in [5.41, 5.74) is 4.64. The molecule has 4 aromatic rings. The fourth-order valence-electron chi connectivity index (χ4n) is 4.30. The molecule has 1 aliphatic rings. The number of aromatic amines is 1. The van der Waals surface area contributed by atoms with Crippen molar-refractivity contribution in [3.63, 3.8) is 0 Å². The number of anilines is 1. The maximum absolute atomic E-state index is 12.9. The van der Waals surface area contributed by atoms with Crippen LogP contribution >= 0.6 is 11.3 Å². The van der Waals surface area contributed by atoms with Crippen molar-refractivity contribution in [1.29, 1.82) is 0 Å². The van der Waals surface area contributed by atoms with E-state index >= 15 is 0 Å². The molecule has 30 heavy (non-hydrogen) atoms. The Balaban J connectivity index is 1.32. The molecule has 152 valence electrons. The van der Waals surface area contributed by atoms with Crippen LogP contribution in [0, 0.1) is 6.92 Å². The number of H-pyrrole nitrogens is 1. The molecule has 2 aromatic heterocycles. The zero-order valence-electron chi connectivity index (χ0n) is 17.0. The Bertz CT molecular complexity index is 1220. The lowest BCUT2D eigenvalue weighted by atomic mass is 10.1. The molecule has 3 heterocycles. The molecule has 5 rings (SSSR count). The van der Waals surface area contributed by atoms with Gasteiger partial charge in [0, 0.05) is 16.6 Å². The third kappa shape index (κ3) is 3.64. The van der Waals surface area contributed by atoms with Crippen molar-refractivity contribution in [2.45, 2.75) is 13.5 Å². The second-order valence-electron chi connectivity index (χ2n) is 7.91. The minimum Gasteiger partial charge on any atom is -0.360 e. The number of rotatable bonds is 4. The third-order valence-corrected chi connectivity index (χ3v) is 6.79. The van der Waals surface area contributed by atoms with Gasteiger partial charge in [-0.15, -0.1) is 11.3 Å². The number of benzene rings is 2. The average Bonchev–Trinajstić information content (AvgIpc) is 3.20. The largest absolute Gasteiger partial charge is 0.360 e. The molecule has 1 fully saturated rings. The number of hydrogen-bond donors (Lipinski definition) is 2. The van der Waals surface area contributed by atoms with Crippen LogP contribution in [0.15, 0.2) is 64.8 Å². The molecule has 0 amide bonds. The molecule has 0 spiro atoms. The number of thiophene rings is 1. The minimum atomic E-state index is -0.0342. The first-order valence-corrected chi connectivity index (χ1v) is 11.3. The van der Waals surface area contributed by atoms with Gasteiger partial charge in [0.25, 0.3) is 5.56 Å². The van der Waals surface area contributed by atoms with Crippen molar-refractivity contribution in [3.8, 4) is 11.1 Å². The lowest BCUT2D eigenvalue weighted by Crippen LogP contribution is -3.13. The lowest BCUT2D eigenvalue weighted by molar-refractivity contribution is -0.915. The highest BCUT2D eigenvalue weighted by Gasteiger charge is 2.22. The van der Waals surface area contributed by atoms with Crippen molar-refractivity contribution in [3.05, 3.63) is 81.7 Å². The van der Waals surface area contributed by atoms with E-state index in [4.69, 9.17) is 4.98 Å². The predicted octanol–water partition coefficient (Wildman–Crippen LogP) is 2.87. The highest BCUT2D eigenvalue weighted by atomic mass is 32.1. The van der Waals surface area contributed by atoms with Gasteiger partial charge in [-0.25, -0.2) is 4.98 Å². The molecule has 0 radical (unpaired) electrons. The highest BCUT2D eigenvalue weighted by Crippen LogP contribution is 2.30. The second kappa shape index (κ2) is 8.05. The Morgan fingerprint density at radius 1 is 1.07 bits per heavy atom. The number of hydrogen-bond acceptors (Lipinski definition) is 4. The van der Waals surface area contributed by atoms with E-state index in [1.165, 1.54) is 16.2 Å². The van der Waals surface area contributed by atoms with Crippen molar-refractivity contribution < 1.29 is 4.90 Å². The van der Waals surface area contributed by atoms with Gasteiger partial charge in [-0.05, 0) is 24.1 Å². The first-order chi connectivity index (χ1) is 14.7. The van der Waals surface area contributed by atoms with Gasteiger partial charge in [0.2, 0.25) is 0 Å². The molecule has 1 saturated heterocycles. The van der Waals surface area contributed by atoms with Crippen molar-refractivity contribution in [1.82, 2.24) is 9.97 Å². The van der Waals surface area contributed by atoms with Gasteiger partial charge in [0.1, 0.15) is 11.4 Å². The van der Waals surface area contributed by atoms with Crippen LogP contribution in [-0.2, 0) is 6.54 Å². The summed E-state index contributed by atoms with van der Waals surface area (Å²) in [5.74, 6) is 0.785. The number of para-hydroxylation sites is 1. The zero-order valence-corrected chi connectivity index (χ0v) is 17.8. The van der Waals surface area contributed by atoms with Crippen LogP contribution in [0.3, 0.4) is 0 Å². The van der Waals surface area contributed by atoms with Crippen LogP contribution in [0.25, 0.3) is 21.3 Å². The Morgan fingerprint density at radius 2 is 1.80 bits per heavy atom. The van der Waals surface area contributed by atoms with E-state index in [2.05, 4.69) is 41.1 Å². The van der Waals surface area contributed by atoms with Gasteiger partial charge in [0.15, 0.2) is 5.82 Å². The van der Waals surface area contributed by atoms with Gasteiger partial charge in [-0.3, -0.25) is 4.79 Å². The summed E-state index contributed by atoms with van der Waals surface area (Å²) in [6, 6.07) is 18.6. The van der Waals surface area contributed by atoms with Crippen LogP contribution in [0.5, 0.6) is 0 Å². The van der Waals surface area contributed by atoms with Crippen LogP contribution in [-0.4, -0.2) is 36.1 Å². The smallest absolute Gasteiger partial charge is 0.260 e. The summed E-state index contributed by atoms with van der Waals surface area (Å²) in [4.78, 5) is 25.5. The maximum Gasteiger partial charge on any atom is 0.260 e. The normalized spacial score (nSPS) is 15.0. The third-order valence-electron chi connectivity index (χ3n) is 5.92. The zero-order chi connectivity index (χ0) is 20.5. The number of piperazine rings is 1. The predicted molar refractivity (Wildman–Crippen MR) is 123 cm³/mol.